The highest BCUT2D eigenvalue weighted by Gasteiger charge is 2.15. The molecule has 5 aromatic heterocycles. The maximum Gasteiger partial charge on any atom is 0.516 e. The molecule has 5 heterocycles. The lowest BCUT2D eigenvalue weighted by Gasteiger charge is -2.11. The minimum Gasteiger partial charge on any atom is -0.491 e. The predicted octanol–water partition coefficient (Wildman–Crippen LogP) is 11.6. The van der Waals surface area contributed by atoms with Crippen molar-refractivity contribution in [2.75, 3.05) is 13.2 Å². The smallest absolute Gasteiger partial charge is 0.491 e. The van der Waals surface area contributed by atoms with E-state index < -0.39 is 29.4 Å². The van der Waals surface area contributed by atoms with Gasteiger partial charge in [-0.05, 0) is 190 Å². The minimum atomic E-state index is -1.03. The molecule has 0 aliphatic carbocycles. The number of rotatable bonds is 24. The maximum atomic E-state index is 11.7. The third-order valence-corrected chi connectivity index (χ3v) is 12.1. The minimum absolute atomic E-state index is 0. The number of carbonyl (C=O) groups is 5. The zero-order valence-electron chi connectivity index (χ0n) is 61.4. The van der Waals surface area contributed by atoms with Gasteiger partial charge in [-0.2, -0.15) is 0 Å². The van der Waals surface area contributed by atoms with Crippen molar-refractivity contribution in [1.82, 2.24) is 74.7 Å². The number of halogens is 1. The summed E-state index contributed by atoms with van der Waals surface area (Å²) in [5.74, 6) is 16.9. The Bertz CT molecular complexity index is 4290. The van der Waals surface area contributed by atoms with Crippen LogP contribution in [-0.4, -0.2) is 147 Å². The number of hydrogen-bond donors (Lipinski definition) is 5. The second-order valence-electron chi connectivity index (χ2n) is 24.2. The highest BCUT2D eigenvalue weighted by molar-refractivity contribution is 6.61. The number of nitrogens with one attached hydrogen (secondary N) is 1. The lowest BCUT2D eigenvalue weighted by molar-refractivity contribution is -0.134. The lowest BCUT2D eigenvalue weighted by atomic mass is 10.1. The fourth-order valence-corrected chi connectivity index (χ4v) is 8.32. The third-order valence-electron chi connectivity index (χ3n) is 12.0. The van der Waals surface area contributed by atoms with Crippen molar-refractivity contribution in [1.29, 1.82) is 0 Å². The van der Waals surface area contributed by atoms with Gasteiger partial charge in [0.05, 0.1) is 37.6 Å². The Balaban J connectivity index is 0.000000459. The SMILES string of the molecule is C.CC(C)COC(=O)Cl.Cc1cc(OC(C)C)cc(-c2ncn(/C=C\C(=O)NN)n2)c1.Cc1cc(OC(C)C)cc(-c2ncn(/C=C\C(=O)O)n2)c1.Cc1cc(OC(C)C)cc(-c2ncn(/C=C\C(=O)OC(=O)OCC(C)C)n2)c1.Cc1cc(OC(C)C)cc(-c2ncn(/C=C\c3nnco3)n2)c1.NN.O. The molecule has 0 aliphatic rings. The molecule has 34 heteroatoms. The molecule has 33 nitrogen and oxygen atoms in total. The Labute approximate surface area is 620 Å². The highest BCUT2D eigenvalue weighted by atomic mass is 35.5. The van der Waals surface area contributed by atoms with Crippen LogP contribution < -0.4 is 41.9 Å². The van der Waals surface area contributed by atoms with Crippen LogP contribution >= 0.6 is 11.6 Å². The number of nitrogens with two attached hydrogens (primary N) is 3. The largest absolute Gasteiger partial charge is 0.516 e. The molecule has 0 spiro atoms. The van der Waals surface area contributed by atoms with Crippen LogP contribution in [0.5, 0.6) is 23.0 Å². The van der Waals surface area contributed by atoms with Crippen LogP contribution in [0, 0.1) is 39.5 Å². The van der Waals surface area contributed by atoms with E-state index in [0.29, 0.717) is 41.7 Å². The first-order chi connectivity index (χ1) is 49.4. The number of amides is 1. The third kappa shape index (κ3) is 35.4. The van der Waals surface area contributed by atoms with Crippen molar-refractivity contribution in [3.05, 3.63) is 151 Å². The number of ether oxygens (including phenoxy) is 7. The quantitative estimate of drug-likeness (QED) is 0.00713. The van der Waals surface area contributed by atoms with Crippen molar-refractivity contribution in [3.8, 4) is 68.5 Å². The number of esters is 1. The molecule has 0 atom stereocenters. The summed E-state index contributed by atoms with van der Waals surface area (Å²) in [4.78, 5) is 71.4. The van der Waals surface area contributed by atoms with Gasteiger partial charge in [-0.3, -0.25) is 21.9 Å². The maximum absolute atomic E-state index is 11.7. The molecule has 9 rings (SSSR count). The summed E-state index contributed by atoms with van der Waals surface area (Å²) in [6.07, 6.45) is 17.5. The topological polar surface area (TPSA) is 454 Å². The molecule has 0 unspecified atom stereocenters. The van der Waals surface area contributed by atoms with Crippen molar-refractivity contribution < 1.29 is 72.1 Å². The molecule has 10 N–H and O–H groups in total. The first kappa shape index (κ1) is 90.3. The predicted molar refractivity (Wildman–Crippen MR) is 402 cm³/mol. The van der Waals surface area contributed by atoms with Gasteiger partial charge in [-0.15, -0.1) is 30.6 Å². The number of aliphatic carboxylic acids is 1. The van der Waals surface area contributed by atoms with E-state index in [1.807, 2.05) is 189 Å². The van der Waals surface area contributed by atoms with E-state index in [2.05, 4.69) is 71.7 Å². The fraction of sp³-hybridized carbons (Fsp3) is 0.347. The number of aromatic nitrogens is 14. The first-order valence-corrected chi connectivity index (χ1v) is 32.8. The number of carboxylic acid groups (broad SMARTS) is 1. The van der Waals surface area contributed by atoms with Gasteiger partial charge in [0, 0.05) is 83.0 Å². The zero-order valence-corrected chi connectivity index (χ0v) is 62.2. The second-order valence-corrected chi connectivity index (χ2v) is 24.5. The number of hydrogen-bond acceptors (Lipinski definition) is 26. The molecule has 572 valence electrons. The molecule has 9 aromatic rings. The normalized spacial score (nSPS) is 10.8. The monoisotopic (exact) mass is 1490 g/mol. The van der Waals surface area contributed by atoms with Gasteiger partial charge in [-0.25, -0.2) is 63.7 Å². The number of aryl methyl sites for hydroxylation is 4. The number of nitrogens with zero attached hydrogens (tertiary/aromatic N) is 14. The van der Waals surface area contributed by atoms with E-state index in [0.717, 1.165) is 79.7 Å². The summed E-state index contributed by atoms with van der Waals surface area (Å²) in [7, 11) is 0. The Morgan fingerprint density at radius 1 is 0.509 bits per heavy atom. The van der Waals surface area contributed by atoms with Gasteiger partial charge in [0.2, 0.25) is 12.3 Å². The Morgan fingerprint density at radius 2 is 0.840 bits per heavy atom. The summed E-state index contributed by atoms with van der Waals surface area (Å²) in [5.41, 5.74) is 8.87. The van der Waals surface area contributed by atoms with Crippen molar-refractivity contribution >= 4 is 71.9 Å². The molecule has 0 saturated heterocycles. The average Bonchev–Trinajstić information content (AvgIpc) is 1.59. The second kappa shape index (κ2) is 46.8. The zero-order chi connectivity index (χ0) is 77.0. The van der Waals surface area contributed by atoms with Crippen LogP contribution in [-0.2, 0) is 28.6 Å². The van der Waals surface area contributed by atoms with Gasteiger partial charge in [-0.1, -0.05) is 35.1 Å². The van der Waals surface area contributed by atoms with Crippen LogP contribution in [0.1, 0.15) is 119 Å². The number of hydrazine groups is 2. The van der Waals surface area contributed by atoms with Gasteiger partial charge >= 0.3 is 23.5 Å². The molecule has 0 fully saturated rings. The van der Waals surface area contributed by atoms with Crippen LogP contribution in [0.2, 0.25) is 0 Å². The molecule has 0 radical (unpaired) electrons. The van der Waals surface area contributed by atoms with Gasteiger partial charge < -0.3 is 48.2 Å². The molecule has 0 aliphatic heterocycles. The van der Waals surface area contributed by atoms with Crippen LogP contribution in [0.25, 0.3) is 76.4 Å². The Kier molecular flexibility index (Phi) is 39.8. The fourth-order valence-electron chi connectivity index (χ4n) is 8.26. The molecular formula is C72H97ClN18O15. The average molecular weight is 1490 g/mol. The van der Waals surface area contributed by atoms with E-state index in [9.17, 15) is 24.0 Å². The van der Waals surface area contributed by atoms with E-state index in [1.165, 1.54) is 64.1 Å². The molecular weight excluding hydrogens is 1390 g/mol. The van der Waals surface area contributed by atoms with Gasteiger partial charge in [0.1, 0.15) is 48.3 Å². The summed E-state index contributed by atoms with van der Waals surface area (Å²) in [6.45, 7) is 31.9. The standard InChI is InChI=1S/C20H25N3O5.C16H17N5O2.C15H19N5O2.C15H17N3O3.C5H9ClO2.CH4.H4N2.H2O/c1-13(2)11-26-20(25)28-18(24)6-7-23-12-21-19(22-23)16-8-15(5)9-17(10-16)27-14(3)4;1-11(2)23-14-7-12(3)6-13(8-14)16-17-9-21(20-16)5-4-15-19-18-10-22-15;1-10(2)22-13-7-11(3)6-12(8-13)15-17-9-20(19-15)5-4-14(21)18-16;1-10(2)21-13-7-11(3)6-12(8-13)15-16-9-18(17-15)5-4-14(19)20;1-4(2)3-8-5(6)7;;1-2;/h6-10,12-14H,11H2,1-5H3;4-11H,1-3H3;4-10H,16H2,1-3H3,(H,18,21);4-10H,1-3H3,(H,19,20);4H,3H2,1-2H3;1H4;1-2H2;1H2/b7-6-;3*5-4-;;;;. The molecule has 0 bridgehead atoms. The summed E-state index contributed by atoms with van der Waals surface area (Å²) in [6, 6.07) is 23.3. The van der Waals surface area contributed by atoms with Gasteiger partial charge in [0.15, 0.2) is 23.3 Å². The number of carbonyl (C=O) groups excluding carboxylic acids is 4. The molecule has 1 amide bonds. The summed E-state index contributed by atoms with van der Waals surface area (Å²) >= 11 is 4.86. The van der Waals surface area contributed by atoms with Crippen LogP contribution in [0.4, 0.5) is 9.59 Å². The first-order valence-electron chi connectivity index (χ1n) is 32.4. The number of carboxylic acids is 1. The van der Waals surface area contributed by atoms with E-state index in [1.54, 1.807) is 23.3 Å². The summed E-state index contributed by atoms with van der Waals surface area (Å²) in [5, 5.41) is 33.2. The molecule has 106 heavy (non-hydrogen) atoms. The highest BCUT2D eigenvalue weighted by Crippen LogP contribution is 2.28. The van der Waals surface area contributed by atoms with Crippen molar-refractivity contribution in [3.63, 3.8) is 0 Å². The lowest BCUT2D eigenvalue weighted by Crippen LogP contribution is -2.28. The van der Waals surface area contributed by atoms with Gasteiger partial charge in [0.25, 0.3) is 5.91 Å². The summed E-state index contributed by atoms with van der Waals surface area (Å²) < 4.78 is 47.4. The van der Waals surface area contributed by atoms with Crippen LogP contribution in [0.3, 0.4) is 0 Å². The van der Waals surface area contributed by atoms with E-state index in [-0.39, 0.29) is 49.8 Å². The Hall–Kier alpha value is -11.8. The van der Waals surface area contributed by atoms with E-state index in [4.69, 9.17) is 50.7 Å². The van der Waals surface area contributed by atoms with Crippen LogP contribution in [0.15, 0.2) is 127 Å². The number of benzene rings is 4. The molecule has 4 aromatic carbocycles. The van der Waals surface area contributed by atoms with Crippen molar-refractivity contribution in [2.24, 2.45) is 29.4 Å². The van der Waals surface area contributed by atoms with Crippen molar-refractivity contribution in [2.45, 2.75) is 143 Å². The van der Waals surface area contributed by atoms with E-state index >= 15 is 0 Å². The Morgan fingerprint density at radius 3 is 1.13 bits per heavy atom. The molecule has 0 saturated carbocycles.